The van der Waals surface area contributed by atoms with Gasteiger partial charge in [0.1, 0.15) is 12.9 Å². The highest BCUT2D eigenvalue weighted by atomic mass is 16.3. The number of nitrogens with zero attached hydrogens (tertiary/aromatic N) is 3. The topological polar surface area (TPSA) is 50.9 Å². The van der Waals surface area contributed by atoms with Gasteiger partial charge in [0.2, 0.25) is 0 Å². The van der Waals surface area contributed by atoms with Gasteiger partial charge >= 0.3 is 0 Å². The van der Waals surface area contributed by atoms with E-state index in [-0.39, 0.29) is 6.61 Å². The van der Waals surface area contributed by atoms with Gasteiger partial charge in [-0.1, -0.05) is 6.92 Å². The van der Waals surface area contributed by atoms with Crippen LogP contribution in [0.1, 0.15) is 19.2 Å². The average Bonchev–Trinajstić information content (AvgIpc) is 2.62. The molecule has 0 aromatic carbocycles. The number of aliphatic hydroxyl groups is 1. The first-order chi connectivity index (χ1) is 5.81. The molecule has 4 heteroatoms. The Morgan fingerprint density at radius 2 is 2.50 bits per heavy atom. The summed E-state index contributed by atoms with van der Waals surface area (Å²) >= 11 is 0. The van der Waals surface area contributed by atoms with Gasteiger partial charge in [0.15, 0.2) is 5.82 Å². The van der Waals surface area contributed by atoms with Crippen LogP contribution < -0.4 is 0 Å². The van der Waals surface area contributed by atoms with Crippen LogP contribution in [0.4, 0.5) is 0 Å². The first-order valence-corrected chi connectivity index (χ1v) is 4.29. The Kier molecular flexibility index (Phi) is 1.84. The van der Waals surface area contributed by atoms with Crippen molar-refractivity contribution in [3.63, 3.8) is 0 Å². The number of rotatable bonds is 3. The summed E-state index contributed by atoms with van der Waals surface area (Å²) in [6.07, 6.45) is 2.99. The van der Waals surface area contributed by atoms with Gasteiger partial charge < -0.3 is 9.67 Å². The fourth-order valence-electron chi connectivity index (χ4n) is 1.46. The van der Waals surface area contributed by atoms with Crippen LogP contribution in [0.5, 0.6) is 0 Å². The molecule has 2 rings (SSSR count). The van der Waals surface area contributed by atoms with Gasteiger partial charge in [0.25, 0.3) is 0 Å². The van der Waals surface area contributed by atoms with Gasteiger partial charge in [-0.05, 0) is 18.3 Å². The molecule has 0 bridgehead atoms. The summed E-state index contributed by atoms with van der Waals surface area (Å²) in [5.41, 5.74) is 0. The Labute approximate surface area is 71.2 Å². The van der Waals surface area contributed by atoms with E-state index in [9.17, 15) is 0 Å². The number of hydrogen-bond donors (Lipinski definition) is 1. The SMILES string of the molecule is CC1CC1Cn1cnnc1CO. The standard InChI is InChI=1S/C8H13N3O/c1-6-2-7(6)3-11-5-9-10-8(11)4-12/h5-7,12H,2-4H2,1H3. The van der Waals surface area contributed by atoms with E-state index in [1.165, 1.54) is 6.42 Å². The quantitative estimate of drug-likeness (QED) is 0.710. The van der Waals surface area contributed by atoms with Gasteiger partial charge in [-0.3, -0.25) is 0 Å². The van der Waals surface area contributed by atoms with Crippen LogP contribution >= 0.6 is 0 Å². The highest BCUT2D eigenvalue weighted by Crippen LogP contribution is 2.38. The van der Waals surface area contributed by atoms with E-state index in [0.717, 1.165) is 18.4 Å². The Morgan fingerprint density at radius 1 is 1.75 bits per heavy atom. The summed E-state index contributed by atoms with van der Waals surface area (Å²) in [6.45, 7) is 3.19. The summed E-state index contributed by atoms with van der Waals surface area (Å²) in [5, 5.41) is 16.4. The van der Waals surface area contributed by atoms with Crippen molar-refractivity contribution >= 4 is 0 Å². The lowest BCUT2D eigenvalue weighted by Crippen LogP contribution is -2.04. The molecule has 0 aliphatic heterocycles. The van der Waals surface area contributed by atoms with E-state index in [2.05, 4.69) is 17.1 Å². The van der Waals surface area contributed by atoms with E-state index in [1.807, 2.05) is 4.57 Å². The predicted molar refractivity (Wildman–Crippen MR) is 43.2 cm³/mol. The summed E-state index contributed by atoms with van der Waals surface area (Å²) in [5.74, 6) is 2.28. The maximum absolute atomic E-state index is 8.88. The third kappa shape index (κ3) is 1.34. The normalized spacial score (nSPS) is 27.5. The van der Waals surface area contributed by atoms with Crippen molar-refractivity contribution in [2.45, 2.75) is 26.5 Å². The minimum atomic E-state index is -0.0128. The number of aromatic nitrogens is 3. The van der Waals surface area contributed by atoms with Crippen molar-refractivity contribution in [1.29, 1.82) is 0 Å². The second-order valence-corrected chi connectivity index (χ2v) is 3.53. The molecule has 66 valence electrons. The van der Waals surface area contributed by atoms with Crippen LogP contribution in [0.15, 0.2) is 6.33 Å². The molecular weight excluding hydrogens is 154 g/mol. The molecule has 0 amide bonds. The molecule has 1 saturated carbocycles. The lowest BCUT2D eigenvalue weighted by Gasteiger charge is -2.02. The van der Waals surface area contributed by atoms with Gasteiger partial charge in [0, 0.05) is 6.54 Å². The second kappa shape index (κ2) is 2.86. The second-order valence-electron chi connectivity index (χ2n) is 3.53. The molecule has 0 spiro atoms. The van der Waals surface area contributed by atoms with Gasteiger partial charge in [-0.15, -0.1) is 10.2 Å². The minimum Gasteiger partial charge on any atom is -0.388 e. The average molecular weight is 167 g/mol. The van der Waals surface area contributed by atoms with Crippen LogP contribution in [-0.2, 0) is 13.2 Å². The number of hydrogen-bond acceptors (Lipinski definition) is 3. The molecule has 4 nitrogen and oxygen atoms in total. The van der Waals surface area contributed by atoms with Crippen molar-refractivity contribution in [3.05, 3.63) is 12.2 Å². The zero-order valence-corrected chi connectivity index (χ0v) is 7.14. The molecule has 0 saturated heterocycles. The summed E-state index contributed by atoms with van der Waals surface area (Å²) in [7, 11) is 0. The molecule has 1 aromatic heterocycles. The Morgan fingerprint density at radius 3 is 3.08 bits per heavy atom. The number of aliphatic hydroxyl groups excluding tert-OH is 1. The maximum Gasteiger partial charge on any atom is 0.158 e. The van der Waals surface area contributed by atoms with Gasteiger partial charge in [0.05, 0.1) is 0 Å². The van der Waals surface area contributed by atoms with Crippen LogP contribution in [0.25, 0.3) is 0 Å². The van der Waals surface area contributed by atoms with Crippen molar-refractivity contribution in [2.75, 3.05) is 0 Å². The third-order valence-electron chi connectivity index (χ3n) is 2.54. The molecule has 1 N–H and O–H groups in total. The van der Waals surface area contributed by atoms with Crippen LogP contribution in [0.2, 0.25) is 0 Å². The van der Waals surface area contributed by atoms with E-state index >= 15 is 0 Å². The summed E-state index contributed by atoms with van der Waals surface area (Å²) in [4.78, 5) is 0. The van der Waals surface area contributed by atoms with Gasteiger partial charge in [-0.2, -0.15) is 0 Å². The zero-order chi connectivity index (χ0) is 8.55. The molecule has 1 aliphatic carbocycles. The van der Waals surface area contributed by atoms with E-state index in [1.54, 1.807) is 6.33 Å². The Bertz CT molecular complexity index is 271. The van der Waals surface area contributed by atoms with E-state index in [4.69, 9.17) is 5.11 Å². The largest absolute Gasteiger partial charge is 0.388 e. The highest BCUT2D eigenvalue weighted by molar-refractivity contribution is 4.88. The smallest absolute Gasteiger partial charge is 0.158 e. The molecule has 12 heavy (non-hydrogen) atoms. The third-order valence-corrected chi connectivity index (χ3v) is 2.54. The Balaban J connectivity index is 2.02. The lowest BCUT2D eigenvalue weighted by atomic mass is 10.3. The molecular formula is C8H13N3O. The van der Waals surface area contributed by atoms with Crippen molar-refractivity contribution < 1.29 is 5.11 Å². The van der Waals surface area contributed by atoms with E-state index < -0.39 is 0 Å². The molecule has 2 atom stereocenters. The highest BCUT2D eigenvalue weighted by Gasteiger charge is 2.32. The van der Waals surface area contributed by atoms with Crippen molar-refractivity contribution in [3.8, 4) is 0 Å². The molecule has 1 heterocycles. The summed E-state index contributed by atoms with van der Waals surface area (Å²) in [6, 6.07) is 0. The maximum atomic E-state index is 8.88. The lowest BCUT2D eigenvalue weighted by molar-refractivity contribution is 0.263. The van der Waals surface area contributed by atoms with Crippen molar-refractivity contribution in [2.24, 2.45) is 11.8 Å². The van der Waals surface area contributed by atoms with Gasteiger partial charge in [-0.25, -0.2) is 0 Å². The fraction of sp³-hybridized carbons (Fsp3) is 0.750. The Hall–Kier alpha value is -0.900. The molecule has 1 aliphatic rings. The monoisotopic (exact) mass is 167 g/mol. The van der Waals surface area contributed by atoms with E-state index in [0.29, 0.717) is 5.82 Å². The van der Waals surface area contributed by atoms with Crippen LogP contribution in [-0.4, -0.2) is 19.9 Å². The zero-order valence-electron chi connectivity index (χ0n) is 7.14. The fourth-order valence-corrected chi connectivity index (χ4v) is 1.46. The minimum absolute atomic E-state index is 0.0128. The molecule has 1 aromatic rings. The first-order valence-electron chi connectivity index (χ1n) is 4.29. The van der Waals surface area contributed by atoms with Crippen LogP contribution in [0, 0.1) is 11.8 Å². The predicted octanol–water partition coefficient (Wildman–Crippen LogP) is 0.426. The summed E-state index contributed by atoms with van der Waals surface area (Å²) < 4.78 is 1.94. The van der Waals surface area contributed by atoms with Crippen molar-refractivity contribution in [1.82, 2.24) is 14.8 Å². The molecule has 2 unspecified atom stereocenters. The first kappa shape index (κ1) is 7.73. The molecule has 1 fully saturated rings. The molecule has 0 radical (unpaired) electrons. The van der Waals surface area contributed by atoms with Crippen LogP contribution in [0.3, 0.4) is 0 Å².